The molecule has 0 unspecified atom stereocenters. The van der Waals surface area contributed by atoms with Crippen LogP contribution in [-0.2, 0) is 17.7 Å². The van der Waals surface area contributed by atoms with Gasteiger partial charge < -0.3 is 19.3 Å². The molecular formula is C24H20F4N4O3. The van der Waals surface area contributed by atoms with Crippen LogP contribution in [0.3, 0.4) is 0 Å². The standard InChI is InChI=1S/C24H20F4N4O3/c25-14-1-3-16(19(27)11-14)23(33)32-6-5-21-17(13-32)22(35-15-2-4-18(26)20(28)12-15)30-24(29-21)31-7-9-34-10-8-31/h1-4,11-12H,5-10,13H2. The number of ether oxygens (including phenoxy) is 2. The molecule has 2 aliphatic rings. The van der Waals surface area contributed by atoms with Crippen LogP contribution in [0.25, 0.3) is 0 Å². The van der Waals surface area contributed by atoms with Crippen LogP contribution < -0.4 is 9.64 Å². The Morgan fingerprint density at radius 1 is 0.914 bits per heavy atom. The first kappa shape index (κ1) is 23.0. The lowest BCUT2D eigenvalue weighted by Gasteiger charge is -2.32. The van der Waals surface area contributed by atoms with Gasteiger partial charge in [-0.25, -0.2) is 22.5 Å². The molecule has 0 bridgehead atoms. The topological polar surface area (TPSA) is 67.8 Å². The molecule has 2 aliphatic heterocycles. The van der Waals surface area contributed by atoms with E-state index in [9.17, 15) is 22.4 Å². The number of benzene rings is 2. The first-order valence-corrected chi connectivity index (χ1v) is 11.0. The van der Waals surface area contributed by atoms with E-state index >= 15 is 0 Å². The van der Waals surface area contributed by atoms with Crippen molar-refractivity contribution in [2.45, 2.75) is 13.0 Å². The number of morpholine rings is 1. The van der Waals surface area contributed by atoms with Crippen molar-refractivity contribution in [3.8, 4) is 11.6 Å². The lowest BCUT2D eigenvalue weighted by atomic mass is 10.0. The minimum absolute atomic E-state index is 0.00656. The lowest BCUT2D eigenvalue weighted by Crippen LogP contribution is -2.39. The van der Waals surface area contributed by atoms with Gasteiger partial charge >= 0.3 is 0 Å². The summed E-state index contributed by atoms with van der Waals surface area (Å²) in [6.07, 6.45) is 0.331. The Bertz CT molecular complexity index is 1280. The van der Waals surface area contributed by atoms with Crippen molar-refractivity contribution in [2.24, 2.45) is 0 Å². The Morgan fingerprint density at radius 2 is 1.71 bits per heavy atom. The van der Waals surface area contributed by atoms with E-state index in [0.717, 1.165) is 24.3 Å². The van der Waals surface area contributed by atoms with E-state index in [1.807, 2.05) is 4.90 Å². The fourth-order valence-electron chi connectivity index (χ4n) is 4.02. The van der Waals surface area contributed by atoms with Crippen molar-refractivity contribution in [3.63, 3.8) is 0 Å². The second-order valence-corrected chi connectivity index (χ2v) is 8.13. The van der Waals surface area contributed by atoms with Crippen LogP contribution in [-0.4, -0.2) is 53.6 Å². The largest absolute Gasteiger partial charge is 0.438 e. The highest BCUT2D eigenvalue weighted by Gasteiger charge is 2.30. The van der Waals surface area contributed by atoms with E-state index in [4.69, 9.17) is 9.47 Å². The Labute approximate surface area is 197 Å². The van der Waals surface area contributed by atoms with E-state index < -0.39 is 29.2 Å². The quantitative estimate of drug-likeness (QED) is 0.520. The third-order valence-corrected chi connectivity index (χ3v) is 5.86. The van der Waals surface area contributed by atoms with Gasteiger partial charge in [-0.1, -0.05) is 0 Å². The van der Waals surface area contributed by atoms with Crippen molar-refractivity contribution >= 4 is 11.9 Å². The van der Waals surface area contributed by atoms with Gasteiger partial charge in [0.05, 0.1) is 36.6 Å². The zero-order valence-corrected chi connectivity index (χ0v) is 18.4. The average Bonchev–Trinajstić information content (AvgIpc) is 2.86. The summed E-state index contributed by atoms with van der Waals surface area (Å²) in [4.78, 5) is 25.4. The van der Waals surface area contributed by atoms with Gasteiger partial charge in [0.15, 0.2) is 11.6 Å². The molecule has 0 radical (unpaired) electrons. The van der Waals surface area contributed by atoms with Crippen LogP contribution >= 0.6 is 0 Å². The van der Waals surface area contributed by atoms with Gasteiger partial charge in [0.1, 0.15) is 17.4 Å². The minimum Gasteiger partial charge on any atom is -0.438 e. The van der Waals surface area contributed by atoms with Crippen molar-refractivity contribution in [1.29, 1.82) is 0 Å². The molecule has 0 saturated carbocycles. The van der Waals surface area contributed by atoms with E-state index in [2.05, 4.69) is 9.97 Å². The number of halogens is 4. The summed E-state index contributed by atoms with van der Waals surface area (Å²) in [6, 6.07) is 5.87. The maximum atomic E-state index is 14.2. The highest BCUT2D eigenvalue weighted by atomic mass is 19.2. The van der Waals surface area contributed by atoms with Gasteiger partial charge in [-0.15, -0.1) is 0 Å². The number of carbonyl (C=O) groups is 1. The summed E-state index contributed by atoms with van der Waals surface area (Å²) >= 11 is 0. The van der Waals surface area contributed by atoms with E-state index in [-0.39, 0.29) is 30.3 Å². The van der Waals surface area contributed by atoms with Gasteiger partial charge in [-0.05, 0) is 24.3 Å². The van der Waals surface area contributed by atoms with Gasteiger partial charge in [-0.3, -0.25) is 4.79 Å². The van der Waals surface area contributed by atoms with E-state index in [1.165, 1.54) is 11.0 Å². The number of hydrogen-bond acceptors (Lipinski definition) is 6. The summed E-state index contributed by atoms with van der Waals surface area (Å²) < 4.78 is 65.9. The summed E-state index contributed by atoms with van der Waals surface area (Å²) in [5, 5.41) is 0. The minimum atomic E-state index is -1.08. The molecule has 5 rings (SSSR count). The molecule has 182 valence electrons. The first-order valence-electron chi connectivity index (χ1n) is 11.0. The van der Waals surface area contributed by atoms with Crippen molar-refractivity contribution in [2.75, 3.05) is 37.7 Å². The van der Waals surface area contributed by atoms with Crippen LogP contribution in [0.5, 0.6) is 11.6 Å². The summed E-state index contributed by atoms with van der Waals surface area (Å²) in [5.41, 5.74) is 0.834. The monoisotopic (exact) mass is 488 g/mol. The number of anilines is 1. The normalized spacial score (nSPS) is 15.7. The second kappa shape index (κ2) is 9.49. The highest BCUT2D eigenvalue weighted by Crippen LogP contribution is 2.32. The summed E-state index contributed by atoms with van der Waals surface area (Å²) in [6.45, 7) is 2.38. The predicted octanol–water partition coefficient (Wildman–Crippen LogP) is 3.86. The third-order valence-electron chi connectivity index (χ3n) is 5.86. The van der Waals surface area contributed by atoms with Crippen molar-refractivity contribution < 1.29 is 31.8 Å². The van der Waals surface area contributed by atoms with Crippen LogP contribution in [0.2, 0.25) is 0 Å². The van der Waals surface area contributed by atoms with Crippen LogP contribution in [0, 0.1) is 23.3 Å². The number of nitrogens with zero attached hydrogens (tertiary/aromatic N) is 4. The van der Waals surface area contributed by atoms with Crippen molar-refractivity contribution in [1.82, 2.24) is 14.9 Å². The Morgan fingerprint density at radius 3 is 2.46 bits per heavy atom. The van der Waals surface area contributed by atoms with Crippen molar-refractivity contribution in [3.05, 3.63) is 76.5 Å². The zero-order valence-electron chi connectivity index (χ0n) is 18.4. The maximum absolute atomic E-state index is 14.2. The SMILES string of the molecule is O=C(c1ccc(F)cc1F)N1CCc2nc(N3CCOCC3)nc(Oc3ccc(F)c(F)c3)c2C1. The molecule has 35 heavy (non-hydrogen) atoms. The first-order chi connectivity index (χ1) is 16.9. The van der Waals surface area contributed by atoms with Crippen LogP contribution in [0.1, 0.15) is 21.6 Å². The smallest absolute Gasteiger partial charge is 0.257 e. The molecule has 0 atom stereocenters. The molecule has 11 heteroatoms. The van der Waals surface area contributed by atoms with Gasteiger partial charge in [0.2, 0.25) is 11.8 Å². The lowest BCUT2D eigenvalue weighted by molar-refractivity contribution is 0.0727. The highest BCUT2D eigenvalue weighted by molar-refractivity contribution is 5.94. The molecule has 2 aromatic carbocycles. The molecular weight excluding hydrogens is 468 g/mol. The molecule has 1 amide bonds. The van der Waals surface area contributed by atoms with Crippen LogP contribution in [0.15, 0.2) is 36.4 Å². The van der Waals surface area contributed by atoms with Gasteiger partial charge in [0, 0.05) is 38.2 Å². The molecule has 1 saturated heterocycles. The Balaban J connectivity index is 1.49. The third kappa shape index (κ3) is 4.76. The number of fused-ring (bicyclic) bond motifs is 1. The number of carbonyl (C=O) groups excluding carboxylic acids is 1. The molecule has 7 nitrogen and oxygen atoms in total. The molecule has 3 heterocycles. The summed E-state index contributed by atoms with van der Waals surface area (Å²) in [5.74, 6) is -3.97. The summed E-state index contributed by atoms with van der Waals surface area (Å²) in [7, 11) is 0. The molecule has 1 fully saturated rings. The molecule has 0 aliphatic carbocycles. The number of rotatable bonds is 4. The molecule has 1 aromatic heterocycles. The number of amides is 1. The fraction of sp³-hybridized carbons (Fsp3) is 0.292. The zero-order chi connectivity index (χ0) is 24.5. The second-order valence-electron chi connectivity index (χ2n) is 8.13. The molecule has 0 N–H and O–H groups in total. The Hall–Kier alpha value is -3.73. The van der Waals surface area contributed by atoms with Gasteiger partial charge in [0.25, 0.3) is 5.91 Å². The number of hydrogen-bond donors (Lipinski definition) is 0. The number of aromatic nitrogens is 2. The molecule has 0 spiro atoms. The van der Waals surface area contributed by atoms with E-state index in [1.54, 1.807) is 0 Å². The average molecular weight is 488 g/mol. The van der Waals surface area contributed by atoms with E-state index in [0.29, 0.717) is 56.0 Å². The van der Waals surface area contributed by atoms with Crippen LogP contribution in [0.4, 0.5) is 23.5 Å². The Kier molecular flexibility index (Phi) is 6.25. The predicted molar refractivity (Wildman–Crippen MR) is 116 cm³/mol. The van der Waals surface area contributed by atoms with Gasteiger partial charge in [-0.2, -0.15) is 4.98 Å². The maximum Gasteiger partial charge on any atom is 0.257 e. The molecule has 3 aromatic rings. The fourth-order valence-corrected chi connectivity index (χ4v) is 4.02.